The fourth-order valence-corrected chi connectivity index (χ4v) is 0.474. The Balaban J connectivity index is 0.000000288. The molecule has 0 atom stereocenters. The smallest absolute Gasteiger partial charge is 0.449 e. The van der Waals surface area contributed by atoms with Crippen LogP contribution in [-0.4, -0.2) is 26.2 Å². The average molecular weight is 217 g/mol. The number of carboxylic acid groups (broad SMARTS) is 1. The first kappa shape index (κ1) is 12.4. The molecule has 0 fully saturated rings. The van der Waals surface area contributed by atoms with E-state index in [1.54, 1.807) is 15.0 Å². The third kappa shape index (κ3) is 6.57. The van der Waals surface area contributed by atoms with Gasteiger partial charge in [0.1, 0.15) is 0 Å². The van der Waals surface area contributed by atoms with Gasteiger partial charge in [-0.25, -0.2) is 19.2 Å². The Labute approximate surface area is 81.1 Å². The Kier molecular flexibility index (Phi) is 4.94. The summed E-state index contributed by atoms with van der Waals surface area (Å²) < 4.78 is 3.72. The first-order chi connectivity index (χ1) is 6.95. The van der Waals surface area contributed by atoms with Crippen LogP contribution in [0.1, 0.15) is 0 Å². The predicted octanol–water partition coefficient (Wildman–Crippen LogP) is -1.42. The van der Waals surface area contributed by atoms with E-state index < -0.39 is 23.2 Å². The van der Waals surface area contributed by atoms with Gasteiger partial charge in [-0.15, -0.1) is 0 Å². The molecule has 0 aliphatic rings. The lowest BCUT2D eigenvalue weighted by molar-refractivity contribution is 0.128. The monoisotopic (exact) mass is 217 g/mol. The Morgan fingerprint density at radius 3 is 1.60 bits per heavy atom. The first-order valence-electron chi connectivity index (χ1n) is 3.39. The van der Waals surface area contributed by atoms with E-state index in [9.17, 15) is 19.2 Å². The summed E-state index contributed by atoms with van der Waals surface area (Å²) in [6.45, 7) is 3.00. The number of ether oxygens (including phenoxy) is 1. The second kappa shape index (κ2) is 5.96. The SMILES string of the molecule is C=COC(=O)O.O=c1[nH]c(=O)[nH]c(=O)[nH]1. The molecule has 0 aromatic carbocycles. The van der Waals surface area contributed by atoms with Crippen molar-refractivity contribution in [3.05, 3.63) is 44.3 Å². The van der Waals surface area contributed by atoms with E-state index in [4.69, 9.17) is 5.11 Å². The highest BCUT2D eigenvalue weighted by Crippen LogP contribution is 1.70. The number of hydrogen-bond donors (Lipinski definition) is 4. The van der Waals surface area contributed by atoms with Gasteiger partial charge in [0.25, 0.3) is 0 Å². The minimum absolute atomic E-state index is 0.802. The molecular weight excluding hydrogens is 210 g/mol. The van der Waals surface area contributed by atoms with E-state index >= 15 is 0 Å². The lowest BCUT2D eigenvalue weighted by Crippen LogP contribution is -2.34. The highest BCUT2D eigenvalue weighted by Gasteiger charge is 1.85. The summed E-state index contributed by atoms with van der Waals surface area (Å²) in [5.41, 5.74) is -2.41. The van der Waals surface area contributed by atoms with E-state index in [-0.39, 0.29) is 0 Å². The lowest BCUT2D eigenvalue weighted by atomic mass is 11.0. The molecular formula is C6H7N3O6. The van der Waals surface area contributed by atoms with E-state index in [2.05, 4.69) is 11.3 Å². The fourth-order valence-electron chi connectivity index (χ4n) is 0.474. The summed E-state index contributed by atoms with van der Waals surface area (Å²) >= 11 is 0. The standard InChI is InChI=1S/C3H3N3O3.C3H4O3/c7-1-4-2(8)6-3(9)5-1;1-2-6-3(4)5/h(H3,4,5,6,7,8,9);2H,1H2,(H,4,5). The van der Waals surface area contributed by atoms with Crippen molar-refractivity contribution in [1.29, 1.82) is 0 Å². The normalized spacial score (nSPS) is 8.27. The molecule has 15 heavy (non-hydrogen) atoms. The first-order valence-corrected chi connectivity index (χ1v) is 3.39. The molecule has 0 radical (unpaired) electrons. The van der Waals surface area contributed by atoms with Crippen molar-refractivity contribution in [2.75, 3.05) is 0 Å². The molecule has 1 aromatic heterocycles. The number of nitrogens with one attached hydrogen (secondary N) is 3. The molecule has 9 heteroatoms. The Morgan fingerprint density at radius 2 is 1.47 bits per heavy atom. The van der Waals surface area contributed by atoms with Gasteiger partial charge < -0.3 is 9.84 Å². The van der Waals surface area contributed by atoms with Gasteiger partial charge in [-0.2, -0.15) is 0 Å². The zero-order valence-electron chi connectivity index (χ0n) is 7.27. The highest BCUT2D eigenvalue weighted by molar-refractivity contribution is 5.57. The van der Waals surface area contributed by atoms with Crippen LogP contribution in [0.15, 0.2) is 27.2 Å². The van der Waals surface area contributed by atoms with Crippen molar-refractivity contribution in [2.24, 2.45) is 0 Å². The number of rotatable bonds is 1. The van der Waals surface area contributed by atoms with Gasteiger partial charge in [0.05, 0.1) is 6.26 Å². The Bertz CT molecular complexity index is 416. The van der Waals surface area contributed by atoms with Crippen LogP contribution >= 0.6 is 0 Å². The predicted molar refractivity (Wildman–Crippen MR) is 47.6 cm³/mol. The molecule has 0 saturated carbocycles. The maximum absolute atomic E-state index is 10.2. The minimum Gasteiger partial charge on any atom is -0.449 e. The number of aromatic nitrogens is 3. The van der Waals surface area contributed by atoms with Crippen molar-refractivity contribution in [3.8, 4) is 0 Å². The zero-order chi connectivity index (χ0) is 11.8. The third-order valence-electron chi connectivity index (χ3n) is 0.865. The summed E-state index contributed by atoms with van der Waals surface area (Å²) in [6, 6.07) is 0. The van der Waals surface area contributed by atoms with Crippen LogP contribution in [0.25, 0.3) is 0 Å². The molecule has 0 spiro atoms. The van der Waals surface area contributed by atoms with Gasteiger partial charge in [-0.3, -0.25) is 15.0 Å². The van der Waals surface area contributed by atoms with Crippen LogP contribution in [-0.2, 0) is 4.74 Å². The zero-order valence-corrected chi connectivity index (χ0v) is 7.27. The number of aromatic amines is 3. The summed E-state index contributed by atoms with van der Waals surface area (Å²) in [4.78, 5) is 45.2. The molecule has 4 N–H and O–H groups in total. The summed E-state index contributed by atoms with van der Waals surface area (Å²) in [5, 5.41) is 7.62. The molecule has 0 aliphatic carbocycles. The minimum atomic E-state index is -1.33. The summed E-state index contributed by atoms with van der Waals surface area (Å²) in [7, 11) is 0. The van der Waals surface area contributed by atoms with Crippen LogP contribution < -0.4 is 17.1 Å². The fraction of sp³-hybridized carbons (Fsp3) is 0. The molecule has 1 heterocycles. The van der Waals surface area contributed by atoms with E-state index in [1.807, 2.05) is 0 Å². The van der Waals surface area contributed by atoms with Crippen LogP contribution in [0.4, 0.5) is 4.79 Å². The molecule has 9 nitrogen and oxygen atoms in total. The molecule has 1 rings (SSSR count). The largest absolute Gasteiger partial charge is 0.510 e. The van der Waals surface area contributed by atoms with Gasteiger partial charge in [-0.05, 0) is 0 Å². The number of hydrogen-bond acceptors (Lipinski definition) is 5. The summed E-state index contributed by atoms with van der Waals surface area (Å²) in [6.07, 6.45) is -0.479. The van der Waals surface area contributed by atoms with E-state index in [0.29, 0.717) is 0 Å². The third-order valence-corrected chi connectivity index (χ3v) is 0.865. The molecule has 0 aliphatic heterocycles. The van der Waals surface area contributed by atoms with Crippen LogP contribution in [0.5, 0.6) is 0 Å². The lowest BCUT2D eigenvalue weighted by Gasteiger charge is -1.81. The van der Waals surface area contributed by atoms with Crippen molar-refractivity contribution in [3.63, 3.8) is 0 Å². The number of H-pyrrole nitrogens is 3. The molecule has 82 valence electrons. The second-order valence-electron chi connectivity index (χ2n) is 1.91. The van der Waals surface area contributed by atoms with Crippen molar-refractivity contribution < 1.29 is 14.6 Å². The molecule has 0 amide bonds. The Morgan fingerprint density at radius 1 is 1.13 bits per heavy atom. The van der Waals surface area contributed by atoms with Crippen molar-refractivity contribution >= 4 is 6.16 Å². The van der Waals surface area contributed by atoms with Gasteiger partial charge in [-0.1, -0.05) is 6.58 Å². The van der Waals surface area contributed by atoms with E-state index in [0.717, 1.165) is 6.26 Å². The van der Waals surface area contributed by atoms with Crippen molar-refractivity contribution in [1.82, 2.24) is 15.0 Å². The summed E-state index contributed by atoms with van der Waals surface area (Å²) in [5.74, 6) is 0. The van der Waals surface area contributed by atoms with Gasteiger partial charge in [0.2, 0.25) is 0 Å². The van der Waals surface area contributed by atoms with Crippen molar-refractivity contribution in [2.45, 2.75) is 0 Å². The average Bonchev–Trinajstić information content (AvgIpc) is 2.00. The van der Waals surface area contributed by atoms with E-state index in [1.165, 1.54) is 0 Å². The topological polar surface area (TPSA) is 145 Å². The molecule has 0 saturated heterocycles. The maximum Gasteiger partial charge on any atom is 0.510 e. The number of carbonyl (C=O) groups is 1. The van der Waals surface area contributed by atoms with Crippen LogP contribution in [0, 0.1) is 0 Å². The van der Waals surface area contributed by atoms with Crippen LogP contribution in [0.3, 0.4) is 0 Å². The Hall–Kier alpha value is -2.58. The van der Waals surface area contributed by atoms with Crippen LogP contribution in [0.2, 0.25) is 0 Å². The van der Waals surface area contributed by atoms with Gasteiger partial charge in [0.15, 0.2) is 0 Å². The molecule has 0 bridgehead atoms. The molecule has 1 aromatic rings. The second-order valence-corrected chi connectivity index (χ2v) is 1.91. The molecule has 0 unspecified atom stereocenters. The highest BCUT2D eigenvalue weighted by atomic mass is 16.7. The van der Waals surface area contributed by atoms with Gasteiger partial charge >= 0.3 is 23.2 Å². The quantitative estimate of drug-likeness (QED) is 0.335. The van der Waals surface area contributed by atoms with Gasteiger partial charge in [0, 0.05) is 0 Å². The maximum atomic E-state index is 10.2.